The van der Waals surface area contributed by atoms with Crippen molar-refractivity contribution in [3.8, 4) is 0 Å². The molecule has 96 valence electrons. The molecule has 0 aromatic carbocycles. The Hall–Kier alpha value is -0.650. The van der Waals surface area contributed by atoms with Gasteiger partial charge < -0.3 is 15.4 Å². The number of hydrogen-bond donors (Lipinski definition) is 1. The Morgan fingerprint density at radius 3 is 2.44 bits per heavy atom. The number of nitrogens with two attached hydrogens (primary N) is 1. The van der Waals surface area contributed by atoms with Crippen LogP contribution in [-0.2, 0) is 9.53 Å². The summed E-state index contributed by atoms with van der Waals surface area (Å²) in [4.78, 5) is 15.0. The summed E-state index contributed by atoms with van der Waals surface area (Å²) in [5, 5.41) is 0. The monoisotopic (exact) mass is 231 g/mol. The summed E-state index contributed by atoms with van der Waals surface area (Å²) in [6.45, 7) is 4.44. The van der Waals surface area contributed by atoms with Crippen molar-refractivity contribution in [2.45, 2.75) is 19.4 Å². The smallest absolute Gasteiger partial charge is 0.236 e. The van der Waals surface area contributed by atoms with Crippen LogP contribution in [0.1, 0.15) is 13.3 Å². The van der Waals surface area contributed by atoms with Gasteiger partial charge in [0.25, 0.3) is 0 Å². The molecule has 0 radical (unpaired) electrons. The number of amides is 1. The molecule has 0 fully saturated rings. The maximum atomic E-state index is 11.4. The van der Waals surface area contributed by atoms with E-state index in [1.807, 2.05) is 18.9 Å². The highest BCUT2D eigenvalue weighted by atomic mass is 16.5. The zero-order valence-corrected chi connectivity index (χ0v) is 10.9. The summed E-state index contributed by atoms with van der Waals surface area (Å²) in [5.74, 6) is 0.114. The van der Waals surface area contributed by atoms with Gasteiger partial charge in [0.05, 0.1) is 12.6 Å². The van der Waals surface area contributed by atoms with Gasteiger partial charge in [0.1, 0.15) is 0 Å². The molecule has 1 unspecified atom stereocenters. The van der Waals surface area contributed by atoms with Crippen LogP contribution in [0.2, 0.25) is 0 Å². The molecule has 0 aromatic heterocycles. The second-order valence-electron chi connectivity index (χ2n) is 4.13. The quantitative estimate of drug-likeness (QED) is 0.626. The van der Waals surface area contributed by atoms with Crippen molar-refractivity contribution in [3.05, 3.63) is 0 Å². The molecule has 1 amide bonds. The molecule has 0 aromatic rings. The molecular formula is C11H25N3O2. The minimum Gasteiger partial charge on any atom is -0.377 e. The molecule has 2 N–H and O–H groups in total. The first-order valence-electron chi connectivity index (χ1n) is 5.71. The number of carbonyl (C=O) groups excluding carboxylic acids is 1. The lowest BCUT2D eigenvalue weighted by molar-refractivity contribution is -0.129. The fraction of sp³-hybridized carbons (Fsp3) is 0.909. The molecule has 1 atom stereocenters. The predicted octanol–water partition coefficient (Wildman–Crippen LogP) is -0.240. The molecule has 5 nitrogen and oxygen atoms in total. The van der Waals surface area contributed by atoms with E-state index in [1.54, 1.807) is 19.0 Å². The fourth-order valence-corrected chi connectivity index (χ4v) is 1.32. The summed E-state index contributed by atoms with van der Waals surface area (Å²) in [6.07, 6.45) is 0.962. The van der Waals surface area contributed by atoms with Crippen molar-refractivity contribution in [3.63, 3.8) is 0 Å². The van der Waals surface area contributed by atoms with Crippen molar-refractivity contribution in [2.24, 2.45) is 5.73 Å². The molecule has 0 rings (SSSR count). The Kier molecular flexibility index (Phi) is 8.15. The predicted molar refractivity (Wildman–Crippen MR) is 65.3 cm³/mol. The largest absolute Gasteiger partial charge is 0.377 e. The molecule has 16 heavy (non-hydrogen) atoms. The van der Waals surface area contributed by atoms with Gasteiger partial charge in [0.15, 0.2) is 0 Å². The Bertz CT molecular complexity index is 198. The number of ether oxygens (including phenoxy) is 1. The first kappa shape index (κ1) is 15.3. The van der Waals surface area contributed by atoms with Gasteiger partial charge in [-0.05, 0) is 20.4 Å². The van der Waals surface area contributed by atoms with Crippen molar-refractivity contribution < 1.29 is 9.53 Å². The van der Waals surface area contributed by atoms with Crippen LogP contribution in [0.25, 0.3) is 0 Å². The van der Waals surface area contributed by atoms with Crippen LogP contribution in [0.15, 0.2) is 0 Å². The van der Waals surface area contributed by atoms with E-state index < -0.39 is 0 Å². The highest BCUT2D eigenvalue weighted by Crippen LogP contribution is 1.99. The Balaban J connectivity index is 3.78. The Morgan fingerprint density at radius 2 is 2.00 bits per heavy atom. The Morgan fingerprint density at radius 1 is 1.38 bits per heavy atom. The molecule has 0 aliphatic carbocycles. The third kappa shape index (κ3) is 6.76. The lowest BCUT2D eigenvalue weighted by Gasteiger charge is -2.21. The average Bonchev–Trinajstić information content (AvgIpc) is 2.23. The standard InChI is InChI=1S/C11H25N3O2/c1-5-16-10(8-12)6-7-14(4)9-11(15)13(2)3/h10H,5-9,12H2,1-4H3. The highest BCUT2D eigenvalue weighted by molar-refractivity contribution is 5.77. The van der Waals surface area contributed by atoms with Crippen LogP contribution < -0.4 is 5.73 Å². The van der Waals surface area contributed by atoms with E-state index in [4.69, 9.17) is 10.5 Å². The lowest BCUT2D eigenvalue weighted by atomic mass is 10.2. The maximum Gasteiger partial charge on any atom is 0.236 e. The van der Waals surface area contributed by atoms with Crippen LogP contribution in [0.5, 0.6) is 0 Å². The molecule has 0 heterocycles. The van der Waals surface area contributed by atoms with E-state index in [1.165, 1.54) is 0 Å². The highest BCUT2D eigenvalue weighted by Gasteiger charge is 2.11. The van der Waals surface area contributed by atoms with E-state index in [-0.39, 0.29) is 12.0 Å². The summed E-state index contributed by atoms with van der Waals surface area (Å²) in [6, 6.07) is 0. The van der Waals surface area contributed by atoms with Gasteiger partial charge in [-0.25, -0.2) is 0 Å². The van der Waals surface area contributed by atoms with Gasteiger partial charge >= 0.3 is 0 Å². The third-order valence-corrected chi connectivity index (χ3v) is 2.40. The maximum absolute atomic E-state index is 11.4. The molecule has 0 aliphatic rings. The zero-order valence-electron chi connectivity index (χ0n) is 10.9. The number of hydrogen-bond acceptors (Lipinski definition) is 4. The first-order valence-corrected chi connectivity index (χ1v) is 5.71. The van der Waals surface area contributed by atoms with Gasteiger partial charge in [0.2, 0.25) is 5.91 Å². The normalized spacial score (nSPS) is 12.9. The van der Waals surface area contributed by atoms with Crippen molar-refractivity contribution in [2.75, 3.05) is 47.4 Å². The van der Waals surface area contributed by atoms with E-state index in [0.717, 1.165) is 13.0 Å². The first-order chi connectivity index (χ1) is 7.51. The van der Waals surface area contributed by atoms with Crippen LogP contribution in [0.4, 0.5) is 0 Å². The molecule has 0 aliphatic heterocycles. The number of nitrogens with zero attached hydrogens (tertiary/aromatic N) is 2. The molecule has 0 spiro atoms. The summed E-state index contributed by atoms with van der Waals surface area (Å²) < 4.78 is 5.45. The Labute approximate surface area is 98.5 Å². The third-order valence-electron chi connectivity index (χ3n) is 2.40. The van der Waals surface area contributed by atoms with Gasteiger partial charge in [0, 0.05) is 33.8 Å². The number of rotatable bonds is 8. The lowest BCUT2D eigenvalue weighted by Crippen LogP contribution is -2.36. The van der Waals surface area contributed by atoms with Crippen molar-refractivity contribution >= 4 is 5.91 Å². The van der Waals surface area contributed by atoms with Crippen molar-refractivity contribution in [1.82, 2.24) is 9.80 Å². The molecule has 0 saturated heterocycles. The SMILES string of the molecule is CCOC(CN)CCN(C)CC(=O)N(C)C. The summed E-state index contributed by atoms with van der Waals surface area (Å²) in [5.41, 5.74) is 5.58. The second kappa shape index (κ2) is 8.50. The van der Waals surface area contributed by atoms with Crippen LogP contribution in [-0.4, -0.2) is 69.2 Å². The number of carbonyl (C=O) groups is 1. The van der Waals surface area contributed by atoms with E-state index in [9.17, 15) is 4.79 Å². The second-order valence-corrected chi connectivity index (χ2v) is 4.13. The van der Waals surface area contributed by atoms with E-state index in [2.05, 4.69) is 0 Å². The fourth-order valence-electron chi connectivity index (χ4n) is 1.32. The molecule has 0 saturated carbocycles. The summed E-state index contributed by atoms with van der Waals surface area (Å²) in [7, 11) is 5.46. The van der Waals surface area contributed by atoms with Gasteiger partial charge in [-0.15, -0.1) is 0 Å². The van der Waals surface area contributed by atoms with Crippen LogP contribution in [0.3, 0.4) is 0 Å². The average molecular weight is 231 g/mol. The molecular weight excluding hydrogens is 206 g/mol. The molecule has 0 bridgehead atoms. The van der Waals surface area contributed by atoms with Crippen molar-refractivity contribution in [1.29, 1.82) is 0 Å². The molecule has 5 heteroatoms. The minimum absolute atomic E-state index is 0.0990. The van der Waals surface area contributed by atoms with Gasteiger partial charge in [-0.2, -0.15) is 0 Å². The van der Waals surface area contributed by atoms with E-state index in [0.29, 0.717) is 19.7 Å². The van der Waals surface area contributed by atoms with Crippen LogP contribution >= 0.6 is 0 Å². The van der Waals surface area contributed by atoms with Gasteiger partial charge in [-0.3, -0.25) is 9.69 Å². The van der Waals surface area contributed by atoms with Gasteiger partial charge in [-0.1, -0.05) is 0 Å². The number of likely N-dealkylation sites (N-methyl/N-ethyl adjacent to an activating group) is 2. The van der Waals surface area contributed by atoms with E-state index >= 15 is 0 Å². The zero-order chi connectivity index (χ0) is 12.6. The summed E-state index contributed by atoms with van der Waals surface area (Å²) >= 11 is 0. The topological polar surface area (TPSA) is 58.8 Å². The minimum atomic E-state index is 0.0990. The van der Waals surface area contributed by atoms with Crippen LogP contribution in [0, 0.1) is 0 Å².